The van der Waals surface area contributed by atoms with E-state index in [4.69, 9.17) is 10.5 Å². The van der Waals surface area contributed by atoms with Crippen molar-refractivity contribution in [1.82, 2.24) is 10.1 Å². The highest BCUT2D eigenvalue weighted by molar-refractivity contribution is 5.59. The first-order valence-electron chi connectivity index (χ1n) is 4.63. The lowest BCUT2D eigenvalue weighted by Gasteiger charge is -2.01. The van der Waals surface area contributed by atoms with Crippen LogP contribution in [0, 0.1) is 0 Å². The van der Waals surface area contributed by atoms with Gasteiger partial charge in [0, 0.05) is 11.1 Å². The smallest absolute Gasteiger partial charge is 0.214 e. The summed E-state index contributed by atoms with van der Waals surface area (Å²) < 4.78 is 10.1. The van der Waals surface area contributed by atoms with E-state index in [0.717, 1.165) is 16.9 Å². The molecule has 0 bridgehead atoms. The van der Waals surface area contributed by atoms with Crippen molar-refractivity contribution in [3.05, 3.63) is 30.2 Å². The maximum Gasteiger partial charge on any atom is 0.214 e. The van der Waals surface area contributed by atoms with Crippen LogP contribution >= 0.6 is 0 Å². The van der Waals surface area contributed by atoms with Crippen molar-refractivity contribution in [1.29, 1.82) is 0 Å². The van der Waals surface area contributed by atoms with Gasteiger partial charge in [-0.15, -0.1) is 0 Å². The molecule has 5 heteroatoms. The largest absolute Gasteiger partial charge is 0.491 e. The summed E-state index contributed by atoms with van der Waals surface area (Å²) in [4.78, 5) is 3.97. The van der Waals surface area contributed by atoms with Gasteiger partial charge in [0.1, 0.15) is 12.4 Å². The van der Waals surface area contributed by atoms with Crippen LogP contribution in [-0.2, 0) is 0 Å². The summed E-state index contributed by atoms with van der Waals surface area (Å²) in [6.45, 7) is 0.533. The first-order chi connectivity index (χ1) is 7.34. The van der Waals surface area contributed by atoms with E-state index in [0.29, 0.717) is 12.4 Å². The van der Waals surface area contributed by atoms with E-state index < -0.39 is 0 Å². The summed E-state index contributed by atoms with van der Waals surface area (Å²) in [6.07, 6.45) is 1.30. The molecule has 76 valence electrons. The molecule has 0 saturated heterocycles. The first kappa shape index (κ1) is 8.43. The summed E-state index contributed by atoms with van der Waals surface area (Å²) in [5.74, 6) is 1.37. The third-order valence-electron chi connectivity index (χ3n) is 2.45. The van der Waals surface area contributed by atoms with Crippen molar-refractivity contribution >= 4 is 0 Å². The number of nitrogens with zero attached hydrogens (tertiary/aromatic N) is 2. The zero-order chi connectivity index (χ0) is 10.3. The minimum atomic E-state index is -0.0284. The van der Waals surface area contributed by atoms with Crippen LogP contribution in [0.2, 0.25) is 0 Å². The highest BCUT2D eigenvalue weighted by Crippen LogP contribution is 2.33. The maximum atomic E-state index is 5.84. The fourth-order valence-electron chi connectivity index (χ4n) is 1.67. The molecule has 1 aromatic carbocycles. The van der Waals surface area contributed by atoms with E-state index in [-0.39, 0.29) is 6.04 Å². The molecule has 15 heavy (non-hydrogen) atoms. The number of benzene rings is 1. The Morgan fingerprint density at radius 1 is 1.40 bits per heavy atom. The summed E-state index contributed by atoms with van der Waals surface area (Å²) in [6, 6.07) is 5.71. The van der Waals surface area contributed by atoms with Crippen molar-refractivity contribution in [2.75, 3.05) is 6.61 Å². The van der Waals surface area contributed by atoms with Crippen LogP contribution in [0.5, 0.6) is 5.75 Å². The Labute approximate surface area is 85.9 Å². The molecular weight excluding hydrogens is 194 g/mol. The van der Waals surface area contributed by atoms with E-state index in [1.165, 1.54) is 6.39 Å². The molecule has 0 fully saturated rings. The van der Waals surface area contributed by atoms with Crippen LogP contribution in [0.4, 0.5) is 0 Å². The van der Waals surface area contributed by atoms with E-state index >= 15 is 0 Å². The van der Waals surface area contributed by atoms with Crippen LogP contribution in [0.15, 0.2) is 29.1 Å². The zero-order valence-electron chi connectivity index (χ0n) is 7.88. The van der Waals surface area contributed by atoms with E-state index in [1.54, 1.807) is 0 Å². The van der Waals surface area contributed by atoms with Crippen molar-refractivity contribution in [3.8, 4) is 17.1 Å². The second-order valence-electron chi connectivity index (χ2n) is 3.42. The quantitative estimate of drug-likeness (QED) is 0.751. The van der Waals surface area contributed by atoms with Crippen LogP contribution in [0.25, 0.3) is 11.4 Å². The summed E-state index contributed by atoms with van der Waals surface area (Å²) in [7, 11) is 0. The molecule has 2 heterocycles. The van der Waals surface area contributed by atoms with Crippen molar-refractivity contribution in [2.45, 2.75) is 6.04 Å². The van der Waals surface area contributed by atoms with Crippen LogP contribution in [0.1, 0.15) is 11.6 Å². The van der Waals surface area contributed by atoms with Crippen LogP contribution < -0.4 is 10.5 Å². The third kappa shape index (κ3) is 1.28. The SMILES string of the molecule is NC1COc2cc(-c3ncon3)ccc21. The Bertz CT molecular complexity index is 481. The van der Waals surface area contributed by atoms with Gasteiger partial charge in [0.25, 0.3) is 0 Å². The van der Waals surface area contributed by atoms with Crippen molar-refractivity contribution in [3.63, 3.8) is 0 Å². The fourth-order valence-corrected chi connectivity index (χ4v) is 1.67. The van der Waals surface area contributed by atoms with Gasteiger partial charge in [0.15, 0.2) is 0 Å². The molecule has 0 aliphatic carbocycles. The number of aromatic nitrogens is 2. The number of ether oxygens (including phenoxy) is 1. The minimum Gasteiger partial charge on any atom is -0.491 e. The second-order valence-corrected chi connectivity index (χ2v) is 3.42. The number of hydrogen-bond acceptors (Lipinski definition) is 5. The average Bonchev–Trinajstić information content (AvgIpc) is 2.88. The first-order valence-corrected chi connectivity index (χ1v) is 4.63. The second kappa shape index (κ2) is 3.06. The lowest BCUT2D eigenvalue weighted by atomic mass is 10.1. The molecular formula is C10H9N3O2. The molecule has 1 atom stereocenters. The number of hydrogen-bond donors (Lipinski definition) is 1. The van der Waals surface area contributed by atoms with Gasteiger partial charge < -0.3 is 15.0 Å². The summed E-state index contributed by atoms with van der Waals surface area (Å²) in [5.41, 5.74) is 7.74. The van der Waals surface area contributed by atoms with Crippen LogP contribution in [-0.4, -0.2) is 16.7 Å². The van der Waals surface area contributed by atoms with Gasteiger partial charge in [-0.05, 0) is 6.07 Å². The van der Waals surface area contributed by atoms with Crippen molar-refractivity contribution in [2.24, 2.45) is 5.73 Å². The molecule has 1 aliphatic heterocycles. The predicted octanol–water partition coefficient (Wildman–Crippen LogP) is 1.13. The highest BCUT2D eigenvalue weighted by Gasteiger charge is 2.21. The molecule has 3 rings (SSSR count). The predicted molar refractivity (Wildman–Crippen MR) is 52.2 cm³/mol. The molecule has 0 radical (unpaired) electrons. The van der Waals surface area contributed by atoms with Crippen LogP contribution in [0.3, 0.4) is 0 Å². The van der Waals surface area contributed by atoms with E-state index in [2.05, 4.69) is 14.7 Å². The lowest BCUT2D eigenvalue weighted by molar-refractivity contribution is 0.333. The van der Waals surface area contributed by atoms with E-state index in [1.807, 2.05) is 18.2 Å². The molecule has 1 aromatic heterocycles. The Morgan fingerprint density at radius 3 is 3.13 bits per heavy atom. The molecule has 1 aliphatic rings. The van der Waals surface area contributed by atoms with Gasteiger partial charge in [-0.25, -0.2) is 0 Å². The number of rotatable bonds is 1. The number of fused-ring (bicyclic) bond motifs is 1. The average molecular weight is 203 g/mol. The minimum absolute atomic E-state index is 0.0284. The topological polar surface area (TPSA) is 74.2 Å². The number of nitrogens with two attached hydrogens (primary N) is 1. The third-order valence-corrected chi connectivity index (χ3v) is 2.45. The Kier molecular flexibility index (Phi) is 1.72. The Balaban J connectivity index is 2.07. The van der Waals surface area contributed by atoms with Gasteiger partial charge in [0.2, 0.25) is 12.2 Å². The van der Waals surface area contributed by atoms with Crippen molar-refractivity contribution < 1.29 is 9.26 Å². The summed E-state index contributed by atoms with van der Waals surface area (Å²) in [5, 5.41) is 3.76. The van der Waals surface area contributed by atoms with Gasteiger partial charge in [-0.3, -0.25) is 0 Å². The molecule has 5 nitrogen and oxygen atoms in total. The molecule has 1 unspecified atom stereocenters. The van der Waals surface area contributed by atoms with E-state index in [9.17, 15) is 0 Å². The standard InChI is InChI=1S/C10H9N3O2/c11-8-4-14-9-3-6(1-2-7(8)9)10-12-5-15-13-10/h1-3,5,8H,4,11H2. The molecule has 0 spiro atoms. The fraction of sp³-hybridized carbons (Fsp3) is 0.200. The maximum absolute atomic E-state index is 5.84. The normalized spacial score (nSPS) is 18.6. The lowest BCUT2D eigenvalue weighted by Crippen LogP contribution is -2.10. The monoisotopic (exact) mass is 203 g/mol. The summed E-state index contributed by atoms with van der Waals surface area (Å²) >= 11 is 0. The van der Waals surface area contributed by atoms with Gasteiger partial charge in [-0.2, -0.15) is 4.98 Å². The highest BCUT2D eigenvalue weighted by atomic mass is 16.5. The zero-order valence-corrected chi connectivity index (χ0v) is 7.88. The molecule has 2 aromatic rings. The van der Waals surface area contributed by atoms with Gasteiger partial charge in [-0.1, -0.05) is 17.3 Å². The van der Waals surface area contributed by atoms with Gasteiger partial charge >= 0.3 is 0 Å². The molecule has 2 N–H and O–H groups in total. The van der Waals surface area contributed by atoms with Gasteiger partial charge in [0.05, 0.1) is 6.04 Å². The molecule has 0 saturated carbocycles. The molecule has 0 amide bonds. The Morgan fingerprint density at radius 2 is 2.33 bits per heavy atom. The Hall–Kier alpha value is -1.88.